The smallest absolute Gasteiger partial charge is 0.414 e. The molecule has 0 bridgehead atoms. The maximum atomic E-state index is 14.8. The topological polar surface area (TPSA) is 99.2 Å². The normalized spacial score (nSPS) is 27.6. The van der Waals surface area contributed by atoms with Crippen LogP contribution in [-0.4, -0.2) is 66.8 Å². The number of ether oxygens (including phenoxy) is 1. The molecule has 1 aromatic rings. The molecule has 4 atom stereocenters. The number of likely N-dealkylation sites (tertiary alicyclic amines) is 1. The van der Waals surface area contributed by atoms with Crippen LogP contribution in [0.1, 0.15) is 24.8 Å². The number of benzene rings is 1. The monoisotopic (exact) mass is 405 g/mol. The molecule has 1 saturated carbocycles. The van der Waals surface area contributed by atoms with Gasteiger partial charge in [-0.25, -0.2) is 9.18 Å². The van der Waals surface area contributed by atoms with Gasteiger partial charge in [0.1, 0.15) is 18.5 Å². The number of nitrogens with one attached hydrogen (secondary N) is 1. The van der Waals surface area contributed by atoms with Crippen molar-refractivity contribution < 1.29 is 28.6 Å². The zero-order chi connectivity index (χ0) is 20.7. The number of halogens is 1. The lowest BCUT2D eigenvalue weighted by Gasteiger charge is -2.19. The Morgan fingerprint density at radius 1 is 1.28 bits per heavy atom. The highest BCUT2D eigenvalue weighted by Gasteiger charge is 2.57. The van der Waals surface area contributed by atoms with Gasteiger partial charge in [0.25, 0.3) is 0 Å². The van der Waals surface area contributed by atoms with Crippen molar-refractivity contribution in [2.45, 2.75) is 25.4 Å². The Morgan fingerprint density at radius 2 is 2.00 bits per heavy atom. The Labute approximate surface area is 167 Å². The maximum Gasteiger partial charge on any atom is 0.414 e. The third-order valence-corrected chi connectivity index (χ3v) is 6.06. The van der Waals surface area contributed by atoms with Crippen molar-refractivity contribution in [1.29, 1.82) is 0 Å². The predicted molar refractivity (Wildman–Crippen MR) is 101 cm³/mol. The number of nitrogens with zero attached hydrogens (tertiary/aromatic N) is 2. The number of rotatable bonds is 6. The molecular weight excluding hydrogens is 381 g/mol. The summed E-state index contributed by atoms with van der Waals surface area (Å²) in [6.07, 6.45) is -0.681. The molecule has 29 heavy (non-hydrogen) atoms. The van der Waals surface area contributed by atoms with E-state index < -0.39 is 18.8 Å². The van der Waals surface area contributed by atoms with E-state index in [0.29, 0.717) is 30.8 Å². The van der Waals surface area contributed by atoms with Crippen LogP contribution >= 0.6 is 0 Å². The summed E-state index contributed by atoms with van der Waals surface area (Å²) in [6.45, 7) is 2.79. The minimum absolute atomic E-state index is 0.0642. The predicted octanol–water partition coefficient (Wildman–Crippen LogP) is 0.841. The van der Waals surface area contributed by atoms with Gasteiger partial charge in [-0.1, -0.05) is 13.0 Å². The third-order valence-electron chi connectivity index (χ3n) is 6.06. The van der Waals surface area contributed by atoms with Crippen LogP contribution in [-0.2, 0) is 14.3 Å². The number of piperidine rings is 1. The Morgan fingerprint density at radius 3 is 2.62 bits per heavy atom. The van der Waals surface area contributed by atoms with Gasteiger partial charge in [0, 0.05) is 19.5 Å². The second-order valence-corrected chi connectivity index (χ2v) is 7.79. The van der Waals surface area contributed by atoms with E-state index in [4.69, 9.17) is 9.84 Å². The van der Waals surface area contributed by atoms with Gasteiger partial charge in [0.2, 0.25) is 11.8 Å². The molecule has 2 heterocycles. The fraction of sp³-hybridized carbons (Fsp3) is 0.550. The molecule has 3 amide bonds. The van der Waals surface area contributed by atoms with E-state index in [-0.39, 0.29) is 48.5 Å². The number of fused-ring (bicyclic) bond motifs is 1. The lowest BCUT2D eigenvalue weighted by Crippen LogP contribution is -2.34. The lowest BCUT2D eigenvalue weighted by atomic mass is 10.0. The van der Waals surface area contributed by atoms with Crippen LogP contribution in [0.15, 0.2) is 18.2 Å². The second kappa shape index (κ2) is 7.62. The first-order valence-electron chi connectivity index (χ1n) is 9.85. The zero-order valence-electron chi connectivity index (χ0n) is 16.1. The van der Waals surface area contributed by atoms with Crippen LogP contribution in [0.2, 0.25) is 0 Å². The minimum atomic E-state index is -0.561. The largest absolute Gasteiger partial charge is 0.442 e. The highest BCUT2D eigenvalue weighted by molar-refractivity contribution is 5.90. The molecule has 0 radical (unpaired) electrons. The highest BCUT2D eigenvalue weighted by Crippen LogP contribution is 2.58. The van der Waals surface area contributed by atoms with E-state index in [1.807, 2.05) is 0 Å². The molecule has 3 aliphatic rings. The van der Waals surface area contributed by atoms with Gasteiger partial charge in [-0.2, -0.15) is 0 Å². The van der Waals surface area contributed by atoms with Gasteiger partial charge < -0.3 is 20.1 Å². The molecule has 156 valence electrons. The summed E-state index contributed by atoms with van der Waals surface area (Å²) in [7, 11) is 0. The molecule has 2 saturated heterocycles. The molecule has 1 aliphatic carbocycles. The summed E-state index contributed by atoms with van der Waals surface area (Å²) in [5, 5.41) is 11.6. The standard InChI is InChI=1S/C20H24FN3O5/c1-2-17(26)22-6-12-7-24(20(28)29-12)11-3-4-13(16(21)5-11)19-14-8-23(9-15(14)19)18(27)10-25/h3-5,12,14-15,19,25H,2,6-10H2,1H3,(H,22,26)/t12-,14-,15+,19+/m0/s1. The van der Waals surface area contributed by atoms with E-state index in [0.717, 1.165) is 0 Å². The summed E-state index contributed by atoms with van der Waals surface area (Å²) in [5.74, 6) is -0.289. The number of aliphatic hydroxyl groups excluding tert-OH is 1. The van der Waals surface area contributed by atoms with Crippen molar-refractivity contribution >= 4 is 23.6 Å². The lowest BCUT2D eigenvalue weighted by molar-refractivity contribution is -0.133. The zero-order valence-corrected chi connectivity index (χ0v) is 16.1. The number of hydrogen-bond donors (Lipinski definition) is 2. The van der Waals surface area contributed by atoms with Crippen LogP contribution in [0.3, 0.4) is 0 Å². The van der Waals surface area contributed by atoms with Crippen molar-refractivity contribution in [2.24, 2.45) is 11.8 Å². The number of aliphatic hydroxyl groups is 1. The Kier molecular flexibility index (Phi) is 5.16. The first-order valence-corrected chi connectivity index (χ1v) is 9.85. The number of amides is 3. The van der Waals surface area contributed by atoms with Crippen LogP contribution in [0.5, 0.6) is 0 Å². The Balaban J connectivity index is 1.38. The molecule has 2 aliphatic heterocycles. The van der Waals surface area contributed by atoms with Crippen molar-refractivity contribution in [3.05, 3.63) is 29.6 Å². The number of hydrogen-bond acceptors (Lipinski definition) is 5. The summed E-state index contributed by atoms with van der Waals surface area (Å²) < 4.78 is 20.0. The Hall–Kier alpha value is -2.68. The van der Waals surface area contributed by atoms with E-state index in [2.05, 4.69) is 5.32 Å². The SMILES string of the molecule is CCC(=O)NC[C@H]1CN(c2ccc([C@H]3[C@@H]4CN(C(=O)CO)C[C@@H]43)c(F)c2)C(=O)O1. The molecular formula is C20H24FN3O5. The van der Waals surface area contributed by atoms with Crippen LogP contribution in [0.25, 0.3) is 0 Å². The van der Waals surface area contributed by atoms with E-state index in [1.165, 1.54) is 11.0 Å². The summed E-state index contributed by atoms with van der Waals surface area (Å²) in [6, 6.07) is 4.75. The minimum Gasteiger partial charge on any atom is -0.442 e. The molecule has 9 heteroatoms. The van der Waals surface area contributed by atoms with Crippen molar-refractivity contribution in [2.75, 3.05) is 37.7 Å². The van der Waals surface area contributed by atoms with Crippen LogP contribution < -0.4 is 10.2 Å². The van der Waals surface area contributed by atoms with E-state index in [9.17, 15) is 18.8 Å². The number of carbonyl (C=O) groups is 3. The molecule has 4 rings (SSSR count). The average molecular weight is 405 g/mol. The quantitative estimate of drug-likeness (QED) is 0.731. The average Bonchev–Trinajstić information content (AvgIpc) is 3.05. The van der Waals surface area contributed by atoms with Crippen molar-refractivity contribution in [3.63, 3.8) is 0 Å². The molecule has 2 N–H and O–H groups in total. The fourth-order valence-electron chi connectivity index (χ4n) is 4.44. The Bertz CT molecular complexity index is 835. The summed E-state index contributed by atoms with van der Waals surface area (Å²) in [4.78, 5) is 38.1. The maximum absolute atomic E-state index is 14.8. The van der Waals surface area contributed by atoms with Gasteiger partial charge >= 0.3 is 6.09 Å². The first kappa shape index (κ1) is 19.6. The molecule has 0 aromatic heterocycles. The third kappa shape index (κ3) is 3.66. The van der Waals surface area contributed by atoms with E-state index in [1.54, 1.807) is 24.0 Å². The number of cyclic esters (lactones) is 1. The second-order valence-electron chi connectivity index (χ2n) is 7.79. The van der Waals surface area contributed by atoms with Crippen LogP contribution in [0, 0.1) is 17.7 Å². The van der Waals surface area contributed by atoms with Gasteiger partial charge in [-0.15, -0.1) is 0 Å². The summed E-state index contributed by atoms with van der Waals surface area (Å²) in [5.41, 5.74) is 1.02. The van der Waals surface area contributed by atoms with Crippen molar-refractivity contribution in [3.8, 4) is 0 Å². The van der Waals surface area contributed by atoms with Gasteiger partial charge in [0.05, 0.1) is 18.8 Å². The van der Waals surface area contributed by atoms with Gasteiger partial charge in [-0.3, -0.25) is 14.5 Å². The summed E-state index contributed by atoms with van der Waals surface area (Å²) >= 11 is 0. The highest BCUT2D eigenvalue weighted by atomic mass is 19.1. The number of carbonyl (C=O) groups excluding carboxylic acids is 3. The molecule has 3 fully saturated rings. The van der Waals surface area contributed by atoms with Gasteiger partial charge in [0.15, 0.2) is 0 Å². The molecule has 0 spiro atoms. The molecule has 0 unspecified atom stereocenters. The number of anilines is 1. The first-order chi connectivity index (χ1) is 13.9. The van der Waals surface area contributed by atoms with Gasteiger partial charge in [-0.05, 0) is 35.4 Å². The van der Waals surface area contributed by atoms with E-state index >= 15 is 0 Å². The van der Waals surface area contributed by atoms with Crippen molar-refractivity contribution in [1.82, 2.24) is 10.2 Å². The molecule has 1 aromatic carbocycles. The van der Waals surface area contributed by atoms with Crippen LogP contribution in [0.4, 0.5) is 14.9 Å². The molecule has 8 nitrogen and oxygen atoms in total. The fourth-order valence-corrected chi connectivity index (χ4v) is 4.44.